The van der Waals surface area contributed by atoms with Crippen LogP contribution >= 0.6 is 27.5 Å². The standard InChI is InChI=1S/C10H11BrClN3O/c1-16-3-2-15-9(5-12)14-8-4-7(11)6-13-10(8)15/h4,6H,2-3,5H2,1H3. The van der Waals surface area contributed by atoms with Crippen LogP contribution in [0.3, 0.4) is 0 Å². The molecule has 0 aliphatic carbocycles. The number of pyridine rings is 1. The summed E-state index contributed by atoms with van der Waals surface area (Å²) in [5, 5.41) is 0. The topological polar surface area (TPSA) is 39.9 Å². The molecule has 0 saturated carbocycles. The molecule has 0 unspecified atom stereocenters. The Morgan fingerprint density at radius 2 is 2.38 bits per heavy atom. The minimum absolute atomic E-state index is 0.373. The van der Waals surface area contributed by atoms with Crippen molar-refractivity contribution >= 4 is 38.7 Å². The fourth-order valence-corrected chi connectivity index (χ4v) is 2.08. The Morgan fingerprint density at radius 1 is 1.56 bits per heavy atom. The van der Waals surface area contributed by atoms with Gasteiger partial charge in [-0.05, 0) is 22.0 Å². The summed E-state index contributed by atoms with van der Waals surface area (Å²) >= 11 is 9.23. The predicted octanol–water partition coefficient (Wildman–Crippen LogP) is 2.58. The minimum atomic E-state index is 0.373. The van der Waals surface area contributed by atoms with Gasteiger partial charge < -0.3 is 9.30 Å². The third kappa shape index (κ3) is 2.21. The Hall–Kier alpha value is -0.650. The monoisotopic (exact) mass is 303 g/mol. The smallest absolute Gasteiger partial charge is 0.160 e. The summed E-state index contributed by atoms with van der Waals surface area (Å²) in [5.74, 6) is 1.19. The highest BCUT2D eigenvalue weighted by molar-refractivity contribution is 9.10. The van der Waals surface area contributed by atoms with E-state index in [1.165, 1.54) is 0 Å². The summed E-state index contributed by atoms with van der Waals surface area (Å²) in [6.07, 6.45) is 1.76. The van der Waals surface area contributed by atoms with Gasteiger partial charge in [-0.1, -0.05) is 0 Å². The quantitative estimate of drug-likeness (QED) is 0.815. The zero-order valence-electron chi connectivity index (χ0n) is 8.78. The molecule has 0 bridgehead atoms. The van der Waals surface area contributed by atoms with Gasteiger partial charge in [-0.2, -0.15) is 0 Å². The van der Waals surface area contributed by atoms with Crippen molar-refractivity contribution in [2.75, 3.05) is 13.7 Å². The lowest BCUT2D eigenvalue weighted by atomic mass is 10.4. The summed E-state index contributed by atoms with van der Waals surface area (Å²) in [4.78, 5) is 8.77. The van der Waals surface area contributed by atoms with Crippen molar-refractivity contribution in [2.24, 2.45) is 0 Å². The van der Waals surface area contributed by atoms with Crippen LogP contribution in [0.2, 0.25) is 0 Å². The van der Waals surface area contributed by atoms with Gasteiger partial charge in [0.25, 0.3) is 0 Å². The van der Waals surface area contributed by atoms with Crippen molar-refractivity contribution in [3.05, 3.63) is 22.6 Å². The van der Waals surface area contributed by atoms with Crippen LogP contribution in [0.15, 0.2) is 16.7 Å². The van der Waals surface area contributed by atoms with Crippen LogP contribution in [0.25, 0.3) is 11.2 Å². The van der Waals surface area contributed by atoms with E-state index in [-0.39, 0.29) is 0 Å². The Bertz CT molecular complexity index is 500. The van der Waals surface area contributed by atoms with E-state index in [0.29, 0.717) is 19.0 Å². The average Bonchev–Trinajstić information content (AvgIpc) is 2.63. The highest BCUT2D eigenvalue weighted by Gasteiger charge is 2.10. The third-order valence-electron chi connectivity index (χ3n) is 2.27. The van der Waals surface area contributed by atoms with Gasteiger partial charge in [0.1, 0.15) is 11.3 Å². The first-order valence-electron chi connectivity index (χ1n) is 4.82. The van der Waals surface area contributed by atoms with E-state index in [1.54, 1.807) is 13.3 Å². The van der Waals surface area contributed by atoms with Crippen molar-refractivity contribution in [1.29, 1.82) is 0 Å². The number of hydrogen-bond acceptors (Lipinski definition) is 3. The van der Waals surface area contributed by atoms with Gasteiger partial charge in [-0.25, -0.2) is 9.97 Å². The molecule has 0 saturated heterocycles. The fourth-order valence-electron chi connectivity index (χ4n) is 1.55. The van der Waals surface area contributed by atoms with Gasteiger partial charge in [0.05, 0.1) is 12.5 Å². The maximum atomic E-state index is 5.86. The van der Waals surface area contributed by atoms with Gasteiger partial charge in [0.15, 0.2) is 5.65 Å². The van der Waals surface area contributed by atoms with E-state index in [4.69, 9.17) is 16.3 Å². The Balaban J connectivity index is 2.50. The number of aromatic nitrogens is 3. The summed E-state index contributed by atoms with van der Waals surface area (Å²) in [6, 6.07) is 1.93. The molecule has 0 amide bonds. The van der Waals surface area contributed by atoms with Gasteiger partial charge in [-0.15, -0.1) is 11.6 Å². The minimum Gasteiger partial charge on any atom is -0.383 e. The molecule has 2 aromatic heterocycles. The van der Waals surface area contributed by atoms with Crippen LogP contribution in [-0.4, -0.2) is 28.3 Å². The zero-order chi connectivity index (χ0) is 11.5. The van der Waals surface area contributed by atoms with Crippen LogP contribution in [0.4, 0.5) is 0 Å². The third-order valence-corrected chi connectivity index (χ3v) is 2.94. The molecule has 2 heterocycles. The van der Waals surface area contributed by atoms with Crippen LogP contribution in [0.5, 0.6) is 0 Å². The van der Waals surface area contributed by atoms with Crippen molar-refractivity contribution in [3.63, 3.8) is 0 Å². The number of methoxy groups -OCH3 is 1. The van der Waals surface area contributed by atoms with Crippen LogP contribution < -0.4 is 0 Å². The first-order valence-corrected chi connectivity index (χ1v) is 6.14. The number of halogens is 2. The molecule has 86 valence electrons. The van der Waals surface area contributed by atoms with Crippen molar-refractivity contribution in [2.45, 2.75) is 12.4 Å². The number of hydrogen-bond donors (Lipinski definition) is 0. The molecule has 0 N–H and O–H groups in total. The van der Waals surface area contributed by atoms with Gasteiger partial charge >= 0.3 is 0 Å². The largest absolute Gasteiger partial charge is 0.383 e. The second-order valence-corrected chi connectivity index (χ2v) is 4.49. The molecule has 2 aromatic rings. The number of ether oxygens (including phenoxy) is 1. The first kappa shape index (κ1) is 11.8. The van der Waals surface area contributed by atoms with Gasteiger partial charge in [0.2, 0.25) is 0 Å². The molecular weight excluding hydrogens is 293 g/mol. The normalized spacial score (nSPS) is 11.2. The molecule has 0 spiro atoms. The van der Waals surface area contributed by atoms with E-state index in [9.17, 15) is 0 Å². The van der Waals surface area contributed by atoms with E-state index in [0.717, 1.165) is 21.5 Å². The molecule has 0 atom stereocenters. The molecule has 0 aliphatic rings. The van der Waals surface area contributed by atoms with Gasteiger partial charge in [0, 0.05) is 24.3 Å². The fraction of sp³-hybridized carbons (Fsp3) is 0.400. The molecule has 0 radical (unpaired) electrons. The number of rotatable bonds is 4. The molecular formula is C10H11BrClN3O. The van der Waals surface area contributed by atoms with Crippen molar-refractivity contribution < 1.29 is 4.74 Å². The second-order valence-electron chi connectivity index (χ2n) is 3.30. The molecule has 0 fully saturated rings. The first-order chi connectivity index (χ1) is 7.76. The summed E-state index contributed by atoms with van der Waals surface area (Å²) < 4.78 is 7.96. The molecule has 4 nitrogen and oxygen atoms in total. The highest BCUT2D eigenvalue weighted by atomic mass is 79.9. The van der Waals surface area contributed by atoms with Crippen LogP contribution in [-0.2, 0) is 17.2 Å². The summed E-state index contributed by atoms with van der Waals surface area (Å²) in [6.45, 7) is 1.33. The van der Waals surface area contributed by atoms with E-state index in [2.05, 4.69) is 25.9 Å². The van der Waals surface area contributed by atoms with Crippen molar-refractivity contribution in [1.82, 2.24) is 14.5 Å². The van der Waals surface area contributed by atoms with E-state index in [1.807, 2.05) is 10.6 Å². The lowest BCUT2D eigenvalue weighted by Crippen LogP contribution is -2.07. The molecule has 6 heteroatoms. The number of alkyl halides is 1. The highest BCUT2D eigenvalue weighted by Crippen LogP contribution is 2.19. The average molecular weight is 305 g/mol. The lowest BCUT2D eigenvalue weighted by molar-refractivity contribution is 0.187. The van der Waals surface area contributed by atoms with Gasteiger partial charge in [-0.3, -0.25) is 0 Å². The SMILES string of the molecule is COCCn1c(CCl)nc2cc(Br)cnc21. The zero-order valence-corrected chi connectivity index (χ0v) is 11.1. The summed E-state index contributed by atoms with van der Waals surface area (Å²) in [7, 11) is 1.67. The summed E-state index contributed by atoms with van der Waals surface area (Å²) in [5.41, 5.74) is 1.69. The lowest BCUT2D eigenvalue weighted by Gasteiger charge is -2.05. The Labute approximate surface area is 107 Å². The molecule has 16 heavy (non-hydrogen) atoms. The molecule has 2 rings (SSSR count). The number of fused-ring (bicyclic) bond motifs is 1. The van der Waals surface area contributed by atoms with Crippen LogP contribution in [0.1, 0.15) is 5.82 Å². The maximum Gasteiger partial charge on any atom is 0.160 e. The number of nitrogens with zero attached hydrogens (tertiary/aromatic N) is 3. The van der Waals surface area contributed by atoms with E-state index >= 15 is 0 Å². The molecule has 0 aliphatic heterocycles. The second kappa shape index (κ2) is 5.12. The molecule has 0 aromatic carbocycles. The van der Waals surface area contributed by atoms with Crippen molar-refractivity contribution in [3.8, 4) is 0 Å². The van der Waals surface area contributed by atoms with Crippen LogP contribution in [0, 0.1) is 0 Å². The Kier molecular flexibility index (Phi) is 3.78. The maximum absolute atomic E-state index is 5.86. The predicted molar refractivity (Wildman–Crippen MR) is 66.7 cm³/mol. The Morgan fingerprint density at radius 3 is 3.06 bits per heavy atom. The number of imidazole rings is 1. The van der Waals surface area contributed by atoms with E-state index < -0.39 is 0 Å².